The maximum absolute atomic E-state index is 14.4. The minimum atomic E-state index is -9.67. The number of rotatable bonds is 15. The van der Waals surface area contributed by atoms with E-state index in [0.29, 0.717) is 0 Å². The number of halogens is 25. The fourth-order valence-corrected chi connectivity index (χ4v) is 3.89. The summed E-state index contributed by atoms with van der Waals surface area (Å²) in [6.45, 7) is 1.14. The summed E-state index contributed by atoms with van der Waals surface area (Å²) in [5.41, 5.74) is -1.35. The first-order chi connectivity index (χ1) is 23.0. The molecule has 1 aromatic rings. The molecular weight excluding hydrogens is 823 g/mol. The van der Waals surface area contributed by atoms with E-state index >= 15 is 0 Å². The molecule has 0 saturated carbocycles. The standard InChI is InChI=1S/C24H13F25N2O2/c1-8(51-12(53)10-4-3-5-11(9(10)2)50-7-52)6-13(25,26)14(27,28)15(29,30)16(31,32)17(33,34)18(35,36)19(37,38)20(39,40)21(41,42)22(43,44)23(45,46)24(47,48)49/h3-5,8H,6H2,1-2H3,(H,51,53). The van der Waals surface area contributed by atoms with Crippen LogP contribution >= 0.6 is 0 Å². The number of carbonyl (C=O) groups excluding carboxylic acids is 2. The number of aliphatic imine (C=N–C) groups is 1. The SMILES string of the molecule is Cc1c(N=C=O)cccc1C(=O)NC(C)CC(F)(F)C(F)(F)C(F)(F)C(F)(F)C(F)(F)C(F)(F)C(F)(F)C(F)(F)C(F)(F)C(F)(F)C(F)(F)C(F)(F)F. The molecule has 0 aliphatic heterocycles. The molecule has 53 heavy (non-hydrogen) atoms. The number of benzene rings is 1. The van der Waals surface area contributed by atoms with Gasteiger partial charge in [-0.1, -0.05) is 6.07 Å². The average molecular weight is 836 g/mol. The molecule has 0 heterocycles. The van der Waals surface area contributed by atoms with Crippen LogP contribution in [-0.2, 0) is 4.79 Å². The Hall–Kier alpha value is -3.68. The first-order valence-electron chi connectivity index (χ1n) is 12.7. The summed E-state index contributed by atoms with van der Waals surface area (Å²) in [4.78, 5) is 25.8. The molecule has 1 N–H and O–H groups in total. The van der Waals surface area contributed by atoms with Crippen molar-refractivity contribution in [1.82, 2.24) is 5.32 Å². The van der Waals surface area contributed by atoms with E-state index in [0.717, 1.165) is 31.2 Å². The number of isocyanates is 1. The molecule has 0 aromatic heterocycles. The number of carbonyl (C=O) groups is 1. The van der Waals surface area contributed by atoms with Gasteiger partial charge in [-0.05, 0) is 31.5 Å². The van der Waals surface area contributed by atoms with Crippen LogP contribution in [0.3, 0.4) is 0 Å². The van der Waals surface area contributed by atoms with Crippen LogP contribution in [-0.4, -0.2) is 89.4 Å². The normalized spacial score (nSPS) is 15.9. The van der Waals surface area contributed by atoms with Crippen molar-refractivity contribution in [3.05, 3.63) is 29.3 Å². The smallest absolute Gasteiger partial charge is 0.349 e. The Kier molecular flexibility index (Phi) is 11.8. The van der Waals surface area contributed by atoms with Gasteiger partial charge in [-0.3, -0.25) is 4.79 Å². The first-order valence-corrected chi connectivity index (χ1v) is 12.7. The molecule has 0 spiro atoms. The van der Waals surface area contributed by atoms with Crippen molar-refractivity contribution < 1.29 is 119 Å². The van der Waals surface area contributed by atoms with Crippen LogP contribution in [0.5, 0.6) is 0 Å². The zero-order chi connectivity index (χ0) is 42.8. The fraction of sp³-hybridized carbons (Fsp3) is 0.667. The molecule has 1 atom stereocenters. The summed E-state index contributed by atoms with van der Waals surface area (Å²) in [7, 11) is 0. The summed E-state index contributed by atoms with van der Waals surface area (Å²) in [5, 5.41) is 1.33. The van der Waals surface area contributed by atoms with E-state index in [9.17, 15) is 119 Å². The van der Waals surface area contributed by atoms with Crippen LogP contribution in [0, 0.1) is 6.92 Å². The van der Waals surface area contributed by atoms with Gasteiger partial charge in [-0.25, -0.2) is 4.79 Å². The maximum atomic E-state index is 14.4. The van der Waals surface area contributed by atoms with Gasteiger partial charge in [0.25, 0.3) is 5.91 Å². The summed E-state index contributed by atoms with van der Waals surface area (Å²) >= 11 is 0. The summed E-state index contributed by atoms with van der Waals surface area (Å²) in [5.74, 6) is -101. The van der Waals surface area contributed by atoms with Crippen LogP contribution in [0.1, 0.15) is 29.3 Å². The number of hydrogen-bond donors (Lipinski definition) is 1. The molecule has 0 aliphatic rings. The van der Waals surface area contributed by atoms with Crippen molar-refractivity contribution in [2.24, 2.45) is 4.99 Å². The number of amides is 1. The molecule has 0 radical (unpaired) electrons. The van der Waals surface area contributed by atoms with Crippen molar-refractivity contribution in [2.75, 3.05) is 0 Å². The van der Waals surface area contributed by atoms with Crippen molar-refractivity contribution in [1.29, 1.82) is 0 Å². The Labute approximate surface area is 275 Å². The zero-order valence-electron chi connectivity index (χ0n) is 24.7. The highest BCUT2D eigenvalue weighted by Crippen LogP contribution is 2.68. The second-order valence-electron chi connectivity index (χ2n) is 10.7. The van der Waals surface area contributed by atoms with Gasteiger partial charge in [0.1, 0.15) is 0 Å². The Morgan fingerprint density at radius 2 is 0.906 bits per heavy atom. The van der Waals surface area contributed by atoms with Crippen molar-refractivity contribution >= 4 is 17.7 Å². The topological polar surface area (TPSA) is 58.5 Å². The van der Waals surface area contributed by atoms with Crippen molar-refractivity contribution in [3.8, 4) is 0 Å². The highest BCUT2D eigenvalue weighted by atomic mass is 19.4. The second-order valence-corrected chi connectivity index (χ2v) is 10.7. The molecule has 0 aliphatic carbocycles. The number of alkyl halides is 25. The van der Waals surface area contributed by atoms with Crippen LogP contribution < -0.4 is 5.32 Å². The van der Waals surface area contributed by atoms with Crippen LogP contribution in [0.25, 0.3) is 0 Å². The predicted octanol–water partition coefficient (Wildman–Crippen LogP) is 10.0. The van der Waals surface area contributed by atoms with E-state index in [-0.39, 0.29) is 18.2 Å². The molecule has 0 saturated heterocycles. The Bertz CT molecular complexity index is 1570. The lowest BCUT2D eigenvalue weighted by Gasteiger charge is -2.45. The van der Waals surface area contributed by atoms with Gasteiger partial charge >= 0.3 is 71.3 Å². The average Bonchev–Trinajstić information content (AvgIpc) is 2.96. The van der Waals surface area contributed by atoms with Crippen LogP contribution in [0.15, 0.2) is 23.2 Å². The lowest BCUT2D eigenvalue weighted by Crippen LogP contribution is -2.78. The van der Waals surface area contributed by atoms with Gasteiger partial charge in [-0.15, -0.1) is 0 Å². The van der Waals surface area contributed by atoms with Gasteiger partial charge in [0, 0.05) is 18.0 Å². The lowest BCUT2D eigenvalue weighted by molar-refractivity contribution is -0.482. The number of nitrogens with zero attached hydrogens (tertiary/aromatic N) is 1. The van der Waals surface area contributed by atoms with E-state index in [1.165, 1.54) is 5.32 Å². The molecule has 306 valence electrons. The Morgan fingerprint density at radius 3 is 1.23 bits per heavy atom. The van der Waals surface area contributed by atoms with Gasteiger partial charge in [-0.2, -0.15) is 115 Å². The third-order valence-corrected chi connectivity index (χ3v) is 7.02. The zero-order valence-corrected chi connectivity index (χ0v) is 24.7. The molecule has 0 fully saturated rings. The first kappa shape index (κ1) is 47.3. The molecular formula is C24H13F25N2O2. The minimum absolute atomic E-state index is 0.157. The predicted molar refractivity (Wildman–Crippen MR) is 121 cm³/mol. The van der Waals surface area contributed by atoms with Crippen LogP contribution in [0.4, 0.5) is 115 Å². The minimum Gasteiger partial charge on any atom is -0.349 e. The molecule has 1 rings (SSSR count). The van der Waals surface area contributed by atoms with Gasteiger partial charge in [0.2, 0.25) is 6.08 Å². The van der Waals surface area contributed by atoms with E-state index < -0.39 is 95.3 Å². The molecule has 1 amide bonds. The summed E-state index contributed by atoms with van der Waals surface area (Å²) in [6.07, 6.45) is -10.4. The maximum Gasteiger partial charge on any atom is 0.460 e. The largest absolute Gasteiger partial charge is 0.460 e. The Balaban J connectivity index is 3.69. The van der Waals surface area contributed by atoms with Gasteiger partial charge in [0.15, 0.2) is 0 Å². The van der Waals surface area contributed by atoms with E-state index in [1.54, 1.807) is 0 Å². The van der Waals surface area contributed by atoms with E-state index in [4.69, 9.17) is 0 Å². The molecule has 1 unspecified atom stereocenters. The fourth-order valence-electron chi connectivity index (χ4n) is 3.89. The van der Waals surface area contributed by atoms with Crippen molar-refractivity contribution in [2.45, 2.75) is 97.6 Å². The second kappa shape index (κ2) is 13.3. The van der Waals surface area contributed by atoms with E-state index in [1.807, 2.05) is 0 Å². The molecule has 29 heteroatoms. The third-order valence-electron chi connectivity index (χ3n) is 7.02. The monoisotopic (exact) mass is 836 g/mol. The number of hydrogen-bond acceptors (Lipinski definition) is 3. The quantitative estimate of drug-likeness (QED) is 0.109. The molecule has 0 bridgehead atoms. The lowest BCUT2D eigenvalue weighted by atomic mass is 9.84. The highest BCUT2D eigenvalue weighted by molar-refractivity contribution is 5.97. The van der Waals surface area contributed by atoms with Gasteiger partial charge in [0.05, 0.1) is 5.69 Å². The number of nitrogens with one attached hydrogen (secondary N) is 1. The van der Waals surface area contributed by atoms with E-state index in [2.05, 4.69) is 4.99 Å². The molecule has 4 nitrogen and oxygen atoms in total. The highest BCUT2D eigenvalue weighted by Gasteiger charge is 2.99. The Morgan fingerprint density at radius 1 is 0.585 bits per heavy atom. The molecule has 1 aromatic carbocycles. The van der Waals surface area contributed by atoms with Gasteiger partial charge < -0.3 is 5.32 Å². The summed E-state index contributed by atoms with van der Waals surface area (Å²) in [6, 6.07) is 0.00646. The third kappa shape index (κ3) is 6.60. The van der Waals surface area contributed by atoms with Crippen molar-refractivity contribution in [3.63, 3.8) is 0 Å². The van der Waals surface area contributed by atoms with Crippen LogP contribution in [0.2, 0.25) is 0 Å². The summed E-state index contributed by atoms with van der Waals surface area (Å²) < 4.78 is 341.